The Bertz CT molecular complexity index is 1570. The van der Waals surface area contributed by atoms with Crippen LogP contribution in [0.25, 0.3) is 16.0 Å². The van der Waals surface area contributed by atoms with Crippen molar-refractivity contribution < 1.29 is 9.21 Å². The topological polar surface area (TPSA) is 104 Å². The quantitative estimate of drug-likeness (QED) is 0.416. The summed E-state index contributed by atoms with van der Waals surface area (Å²) in [5, 5.41) is 8.88. The minimum atomic E-state index is -0.494. The number of carbonyl (C=O) groups is 1. The summed E-state index contributed by atoms with van der Waals surface area (Å²) in [6.07, 6.45) is 1.52. The number of benzene rings is 1. The van der Waals surface area contributed by atoms with E-state index in [1.165, 1.54) is 32.1 Å². The highest BCUT2D eigenvalue weighted by Gasteiger charge is 2.20. The van der Waals surface area contributed by atoms with Gasteiger partial charge in [0.1, 0.15) is 17.0 Å². The average molecular weight is 464 g/mol. The molecule has 0 atom stereocenters. The minimum absolute atomic E-state index is 0.119. The largest absolute Gasteiger partial charge is 0.467 e. The van der Waals surface area contributed by atoms with Gasteiger partial charge in [0.2, 0.25) is 11.7 Å². The molecule has 0 saturated heterocycles. The van der Waals surface area contributed by atoms with E-state index in [9.17, 15) is 14.4 Å². The van der Waals surface area contributed by atoms with E-state index in [0.717, 1.165) is 4.68 Å². The SMILES string of the molecule is CC(C)c1ccc(NC(=O)Cn2nc3n(Cc4ccco4)c(=O)c4sccc4n3c2=O)cc1. The fourth-order valence-corrected chi connectivity index (χ4v) is 4.55. The van der Waals surface area contributed by atoms with E-state index in [2.05, 4.69) is 24.3 Å². The van der Waals surface area contributed by atoms with E-state index in [-0.39, 0.29) is 30.3 Å². The van der Waals surface area contributed by atoms with Gasteiger partial charge in [0.15, 0.2) is 0 Å². The van der Waals surface area contributed by atoms with E-state index in [1.54, 1.807) is 23.6 Å². The number of nitrogens with zero attached hydrogens (tertiary/aromatic N) is 4. The predicted octanol–water partition coefficient (Wildman–Crippen LogP) is 3.28. The number of anilines is 1. The number of carbonyl (C=O) groups excluding carboxylic acids is 1. The maximum Gasteiger partial charge on any atom is 0.352 e. The van der Waals surface area contributed by atoms with Gasteiger partial charge >= 0.3 is 5.69 Å². The van der Waals surface area contributed by atoms with E-state index in [0.29, 0.717) is 27.6 Å². The molecule has 9 nitrogen and oxygen atoms in total. The third-order valence-corrected chi connectivity index (χ3v) is 6.33. The van der Waals surface area contributed by atoms with Crippen LogP contribution in [0.1, 0.15) is 31.1 Å². The van der Waals surface area contributed by atoms with Crippen LogP contribution in [0.15, 0.2) is 68.1 Å². The molecule has 0 bridgehead atoms. The van der Waals surface area contributed by atoms with Crippen LogP contribution in [-0.2, 0) is 17.9 Å². The molecule has 4 aromatic heterocycles. The molecule has 1 aromatic carbocycles. The number of thiophene rings is 1. The van der Waals surface area contributed by atoms with Crippen LogP contribution >= 0.6 is 11.3 Å². The zero-order chi connectivity index (χ0) is 23.1. The highest BCUT2D eigenvalue weighted by molar-refractivity contribution is 7.17. The van der Waals surface area contributed by atoms with Crippen molar-refractivity contribution in [2.24, 2.45) is 0 Å². The number of fused-ring (bicyclic) bond motifs is 3. The Labute approximate surface area is 191 Å². The van der Waals surface area contributed by atoms with Crippen LogP contribution < -0.4 is 16.6 Å². The first-order chi connectivity index (χ1) is 15.9. The van der Waals surface area contributed by atoms with E-state index in [4.69, 9.17) is 4.42 Å². The molecule has 5 aromatic rings. The van der Waals surface area contributed by atoms with E-state index < -0.39 is 5.69 Å². The molecular weight excluding hydrogens is 442 g/mol. The Morgan fingerprint density at radius 1 is 1.15 bits per heavy atom. The summed E-state index contributed by atoms with van der Waals surface area (Å²) < 4.78 is 9.64. The fraction of sp³-hybridized carbons (Fsp3) is 0.217. The molecule has 0 aliphatic rings. The predicted molar refractivity (Wildman–Crippen MR) is 126 cm³/mol. The summed E-state index contributed by atoms with van der Waals surface area (Å²) in [6.45, 7) is 4.03. The monoisotopic (exact) mass is 463 g/mol. The van der Waals surface area contributed by atoms with E-state index in [1.807, 2.05) is 24.3 Å². The van der Waals surface area contributed by atoms with Crippen LogP contribution in [0.2, 0.25) is 0 Å². The summed E-state index contributed by atoms with van der Waals surface area (Å²) in [7, 11) is 0. The molecule has 0 saturated carbocycles. The third-order valence-electron chi connectivity index (χ3n) is 5.44. The van der Waals surface area contributed by atoms with Gasteiger partial charge in [-0.1, -0.05) is 26.0 Å². The maximum absolute atomic E-state index is 13.2. The Hall–Kier alpha value is -3.92. The van der Waals surface area contributed by atoms with Crippen LogP contribution in [0.5, 0.6) is 0 Å². The molecule has 33 heavy (non-hydrogen) atoms. The maximum atomic E-state index is 13.2. The zero-order valence-corrected chi connectivity index (χ0v) is 18.8. The van der Waals surface area contributed by atoms with Crippen LogP contribution in [-0.4, -0.2) is 24.7 Å². The average Bonchev–Trinajstić information content (AvgIpc) is 3.53. The van der Waals surface area contributed by atoms with Crippen LogP contribution in [0.4, 0.5) is 5.69 Å². The molecule has 168 valence electrons. The number of amides is 1. The molecule has 1 amide bonds. The molecule has 0 aliphatic carbocycles. The summed E-state index contributed by atoms with van der Waals surface area (Å²) >= 11 is 1.25. The van der Waals surface area contributed by atoms with Gasteiger partial charge in [0.05, 0.1) is 18.3 Å². The fourth-order valence-electron chi connectivity index (χ4n) is 3.73. The molecule has 4 heterocycles. The van der Waals surface area contributed by atoms with Crippen molar-refractivity contribution in [1.29, 1.82) is 0 Å². The molecule has 0 fully saturated rings. The summed E-state index contributed by atoms with van der Waals surface area (Å²) in [5.41, 5.74) is 1.51. The highest BCUT2D eigenvalue weighted by Crippen LogP contribution is 2.19. The van der Waals surface area contributed by atoms with Crippen molar-refractivity contribution >= 4 is 38.9 Å². The second kappa shape index (κ2) is 8.21. The number of hydrogen-bond acceptors (Lipinski definition) is 6. The van der Waals surface area contributed by atoms with Crippen molar-refractivity contribution in [3.8, 4) is 0 Å². The summed E-state index contributed by atoms with van der Waals surface area (Å²) in [6, 6.07) is 12.7. The lowest BCUT2D eigenvalue weighted by Crippen LogP contribution is -2.29. The molecule has 1 N–H and O–H groups in total. The lowest BCUT2D eigenvalue weighted by Gasteiger charge is -2.08. The molecule has 0 aliphatic heterocycles. The van der Waals surface area contributed by atoms with Crippen molar-refractivity contribution in [3.63, 3.8) is 0 Å². The smallest absolute Gasteiger partial charge is 0.352 e. The molecular formula is C23H21N5O4S. The Morgan fingerprint density at radius 2 is 1.94 bits per heavy atom. The van der Waals surface area contributed by atoms with Gasteiger partial charge in [-0.15, -0.1) is 16.4 Å². The lowest BCUT2D eigenvalue weighted by molar-refractivity contribution is -0.117. The third kappa shape index (κ3) is 3.78. The number of nitrogens with one attached hydrogen (secondary N) is 1. The molecule has 5 rings (SSSR count). The van der Waals surface area contributed by atoms with Crippen molar-refractivity contribution in [1.82, 2.24) is 18.7 Å². The van der Waals surface area contributed by atoms with Gasteiger partial charge < -0.3 is 9.73 Å². The van der Waals surface area contributed by atoms with Crippen LogP contribution in [0.3, 0.4) is 0 Å². The van der Waals surface area contributed by atoms with Crippen LogP contribution in [0, 0.1) is 0 Å². The normalized spacial score (nSPS) is 11.6. The molecule has 0 spiro atoms. The molecule has 10 heteroatoms. The summed E-state index contributed by atoms with van der Waals surface area (Å²) in [5.74, 6) is 0.708. The number of hydrogen-bond donors (Lipinski definition) is 1. The minimum Gasteiger partial charge on any atom is -0.467 e. The van der Waals surface area contributed by atoms with Gasteiger partial charge in [0, 0.05) is 5.69 Å². The van der Waals surface area contributed by atoms with Crippen molar-refractivity contribution in [2.45, 2.75) is 32.9 Å². The first-order valence-electron chi connectivity index (χ1n) is 10.4. The second-order valence-electron chi connectivity index (χ2n) is 8.01. The van der Waals surface area contributed by atoms with Gasteiger partial charge in [-0.3, -0.25) is 14.2 Å². The number of rotatable bonds is 6. The van der Waals surface area contributed by atoms with E-state index >= 15 is 0 Å². The van der Waals surface area contributed by atoms with Crippen molar-refractivity contribution in [3.05, 3.63) is 86.3 Å². The Morgan fingerprint density at radius 3 is 2.64 bits per heavy atom. The number of aromatic nitrogens is 4. The Balaban J connectivity index is 1.51. The Kier molecular flexibility index (Phi) is 5.21. The van der Waals surface area contributed by atoms with Gasteiger partial charge in [0.25, 0.3) is 5.56 Å². The zero-order valence-electron chi connectivity index (χ0n) is 18.0. The lowest BCUT2D eigenvalue weighted by atomic mass is 10.0. The standard InChI is InChI=1S/C23H21N5O4S/c1-14(2)15-5-7-16(8-6-15)24-19(29)13-27-23(31)28-18-9-11-33-20(18)21(30)26(22(28)25-27)12-17-4-3-10-32-17/h3-11,14H,12-13H2,1-2H3,(H,24,29). The first kappa shape index (κ1) is 21.0. The second-order valence-corrected chi connectivity index (χ2v) is 8.92. The van der Waals surface area contributed by atoms with Gasteiger partial charge in [-0.05, 0) is 47.2 Å². The number of furan rings is 1. The molecule has 0 unspecified atom stereocenters. The first-order valence-corrected chi connectivity index (χ1v) is 11.3. The molecule has 0 radical (unpaired) electrons. The highest BCUT2D eigenvalue weighted by atomic mass is 32.1. The van der Waals surface area contributed by atoms with Crippen molar-refractivity contribution in [2.75, 3.05) is 5.32 Å². The van der Waals surface area contributed by atoms with Gasteiger partial charge in [-0.25, -0.2) is 13.9 Å². The van der Waals surface area contributed by atoms with Gasteiger partial charge in [-0.2, -0.15) is 0 Å². The summed E-state index contributed by atoms with van der Waals surface area (Å²) in [4.78, 5) is 38.9.